The monoisotopic (exact) mass is 278 g/mol. The number of carbonyl (C=O) groups is 2. The maximum absolute atomic E-state index is 12.0. The maximum atomic E-state index is 12.0. The zero-order chi connectivity index (χ0) is 14.9. The molecule has 6 heteroatoms. The van der Waals surface area contributed by atoms with E-state index in [1.807, 2.05) is 13.2 Å². The van der Waals surface area contributed by atoms with Crippen LogP contribution in [-0.2, 0) is 23.2 Å². The van der Waals surface area contributed by atoms with Gasteiger partial charge in [-0.2, -0.15) is 5.10 Å². The van der Waals surface area contributed by atoms with Crippen LogP contribution in [0.3, 0.4) is 0 Å². The Morgan fingerprint density at radius 2 is 2.10 bits per heavy atom. The molecule has 1 unspecified atom stereocenters. The summed E-state index contributed by atoms with van der Waals surface area (Å²) >= 11 is 0. The van der Waals surface area contributed by atoms with Crippen molar-refractivity contribution in [2.24, 2.45) is 7.05 Å². The number of piperidine rings is 1. The molecule has 0 saturated carbocycles. The van der Waals surface area contributed by atoms with Crippen LogP contribution in [0.25, 0.3) is 0 Å². The van der Waals surface area contributed by atoms with E-state index in [-0.39, 0.29) is 17.9 Å². The van der Waals surface area contributed by atoms with Crippen LogP contribution in [0.1, 0.15) is 43.9 Å². The highest BCUT2D eigenvalue weighted by Gasteiger charge is 2.31. The predicted molar refractivity (Wildman–Crippen MR) is 74.9 cm³/mol. The fourth-order valence-electron chi connectivity index (χ4n) is 2.52. The molecule has 2 rings (SSSR count). The lowest BCUT2D eigenvalue weighted by molar-refractivity contribution is -0.148. The summed E-state index contributed by atoms with van der Waals surface area (Å²) in [5.74, 6) is 0.104. The minimum absolute atomic E-state index is 0.0997. The molecule has 1 saturated heterocycles. The number of carbonyl (C=O) groups excluding carboxylic acids is 2. The molecule has 1 fully saturated rings. The van der Waals surface area contributed by atoms with Gasteiger partial charge in [0.05, 0.1) is 11.7 Å². The number of aromatic nitrogens is 2. The van der Waals surface area contributed by atoms with Crippen LogP contribution in [0, 0.1) is 0 Å². The average molecular weight is 278 g/mol. The Kier molecular flexibility index (Phi) is 4.23. The molecule has 0 aromatic carbocycles. The molecule has 1 N–H and O–H groups in total. The van der Waals surface area contributed by atoms with Crippen LogP contribution >= 0.6 is 0 Å². The third-order valence-corrected chi connectivity index (χ3v) is 3.67. The molecule has 110 valence electrons. The van der Waals surface area contributed by atoms with Gasteiger partial charge in [0.25, 0.3) is 0 Å². The molecule has 1 aliphatic heterocycles. The van der Waals surface area contributed by atoms with Gasteiger partial charge >= 0.3 is 0 Å². The number of hydrogen-bond acceptors (Lipinski definition) is 4. The lowest BCUT2D eigenvalue weighted by Crippen LogP contribution is -2.51. The predicted octanol–water partition coefficient (Wildman–Crippen LogP) is 0.780. The number of likely N-dealkylation sites (tertiary alicyclic amines) is 1. The summed E-state index contributed by atoms with van der Waals surface area (Å²) in [6.07, 6.45) is 2.97. The fraction of sp³-hybridized carbons (Fsp3) is 0.643. The van der Waals surface area contributed by atoms with E-state index in [4.69, 9.17) is 0 Å². The molecule has 0 bridgehead atoms. The number of imide groups is 1. The summed E-state index contributed by atoms with van der Waals surface area (Å²) in [6, 6.07) is -0.280. The third-order valence-electron chi connectivity index (χ3n) is 3.67. The molecule has 1 atom stereocenters. The Morgan fingerprint density at radius 1 is 1.40 bits per heavy atom. The van der Waals surface area contributed by atoms with Crippen LogP contribution in [0.2, 0.25) is 0 Å². The Labute approximate surface area is 119 Å². The van der Waals surface area contributed by atoms with Gasteiger partial charge in [-0.3, -0.25) is 19.2 Å². The van der Waals surface area contributed by atoms with Crippen LogP contribution in [0.4, 0.5) is 0 Å². The first kappa shape index (κ1) is 14.7. The van der Waals surface area contributed by atoms with Crippen LogP contribution in [0.5, 0.6) is 0 Å². The van der Waals surface area contributed by atoms with Crippen LogP contribution in [-0.4, -0.2) is 39.6 Å². The second-order valence-corrected chi connectivity index (χ2v) is 5.63. The van der Waals surface area contributed by atoms with Gasteiger partial charge in [0.2, 0.25) is 11.8 Å². The van der Waals surface area contributed by atoms with Gasteiger partial charge in [-0.25, -0.2) is 0 Å². The second-order valence-electron chi connectivity index (χ2n) is 5.63. The molecule has 0 aliphatic carbocycles. The summed E-state index contributed by atoms with van der Waals surface area (Å²) in [4.78, 5) is 24.7. The van der Waals surface area contributed by atoms with Crippen molar-refractivity contribution in [3.63, 3.8) is 0 Å². The third kappa shape index (κ3) is 2.90. The summed E-state index contributed by atoms with van der Waals surface area (Å²) in [7, 11) is 3.44. The first-order valence-corrected chi connectivity index (χ1v) is 6.96. The van der Waals surface area contributed by atoms with Crippen LogP contribution < -0.4 is 5.32 Å². The molecule has 1 aromatic rings. The van der Waals surface area contributed by atoms with Crippen molar-refractivity contribution in [3.8, 4) is 0 Å². The van der Waals surface area contributed by atoms with E-state index in [1.165, 1.54) is 4.90 Å². The minimum atomic E-state index is -0.280. The maximum Gasteiger partial charge on any atom is 0.246 e. The van der Waals surface area contributed by atoms with Gasteiger partial charge in [0.15, 0.2) is 0 Å². The van der Waals surface area contributed by atoms with E-state index in [0.717, 1.165) is 11.3 Å². The quantitative estimate of drug-likeness (QED) is 0.827. The molecule has 0 radical (unpaired) electrons. The molecule has 2 amide bonds. The average Bonchev–Trinajstić information content (AvgIpc) is 2.77. The van der Waals surface area contributed by atoms with E-state index in [1.54, 1.807) is 11.7 Å². The second kappa shape index (κ2) is 5.75. The smallest absolute Gasteiger partial charge is 0.246 e. The van der Waals surface area contributed by atoms with E-state index < -0.39 is 0 Å². The van der Waals surface area contributed by atoms with Crippen molar-refractivity contribution in [3.05, 3.63) is 17.5 Å². The number of amides is 2. The zero-order valence-corrected chi connectivity index (χ0v) is 12.5. The number of nitrogens with one attached hydrogen (secondary N) is 1. The summed E-state index contributed by atoms with van der Waals surface area (Å²) < 4.78 is 1.80. The lowest BCUT2D eigenvalue weighted by atomic mass is 10.0. The highest BCUT2D eigenvalue weighted by Crippen LogP contribution is 2.18. The van der Waals surface area contributed by atoms with Crippen LogP contribution in [0.15, 0.2) is 6.20 Å². The van der Waals surface area contributed by atoms with Crippen molar-refractivity contribution in [2.45, 2.75) is 45.2 Å². The van der Waals surface area contributed by atoms with E-state index in [2.05, 4.69) is 24.3 Å². The largest absolute Gasteiger partial charge is 0.302 e. The first-order chi connectivity index (χ1) is 9.40. The Hall–Kier alpha value is -1.69. The van der Waals surface area contributed by atoms with E-state index >= 15 is 0 Å². The minimum Gasteiger partial charge on any atom is -0.302 e. The molecule has 2 heterocycles. The molecule has 6 nitrogen and oxygen atoms in total. The molecule has 1 aliphatic rings. The standard InChI is InChI=1S/C14H22N4O2/c1-9(2)13-10(8-17(3)16-13)7-15-11-5-6-12(19)18(4)14(11)20/h8-9,11,15H,5-7H2,1-4H3. The van der Waals surface area contributed by atoms with Crippen molar-refractivity contribution in [2.75, 3.05) is 7.05 Å². The van der Waals surface area contributed by atoms with Crippen molar-refractivity contribution in [1.29, 1.82) is 0 Å². The van der Waals surface area contributed by atoms with Gasteiger partial charge in [-0.15, -0.1) is 0 Å². The highest BCUT2D eigenvalue weighted by atomic mass is 16.2. The normalized spacial score (nSPS) is 20.1. The van der Waals surface area contributed by atoms with Crippen molar-refractivity contribution in [1.82, 2.24) is 20.0 Å². The Bertz CT molecular complexity index is 521. The SMILES string of the molecule is CC(C)c1nn(C)cc1CNC1CCC(=O)N(C)C1=O. The number of hydrogen-bond donors (Lipinski definition) is 1. The molecular formula is C14H22N4O2. The van der Waals surface area contributed by atoms with E-state index in [9.17, 15) is 9.59 Å². The molecular weight excluding hydrogens is 256 g/mol. The number of rotatable bonds is 4. The van der Waals surface area contributed by atoms with E-state index in [0.29, 0.717) is 25.3 Å². The van der Waals surface area contributed by atoms with Gasteiger partial charge in [-0.05, 0) is 12.3 Å². The van der Waals surface area contributed by atoms with Crippen molar-refractivity contribution < 1.29 is 9.59 Å². The summed E-state index contributed by atoms with van der Waals surface area (Å²) in [6.45, 7) is 4.80. The van der Waals surface area contributed by atoms with Crippen molar-refractivity contribution >= 4 is 11.8 Å². The fourth-order valence-corrected chi connectivity index (χ4v) is 2.52. The molecule has 1 aromatic heterocycles. The lowest BCUT2D eigenvalue weighted by Gasteiger charge is -2.28. The molecule has 0 spiro atoms. The van der Waals surface area contributed by atoms with Gasteiger partial charge < -0.3 is 5.32 Å². The van der Waals surface area contributed by atoms with Gasteiger partial charge in [0.1, 0.15) is 0 Å². The number of nitrogens with zero attached hydrogens (tertiary/aromatic N) is 3. The van der Waals surface area contributed by atoms with Gasteiger partial charge in [0, 0.05) is 38.8 Å². The topological polar surface area (TPSA) is 67.2 Å². The molecule has 20 heavy (non-hydrogen) atoms. The highest BCUT2D eigenvalue weighted by molar-refractivity contribution is 6.00. The Morgan fingerprint density at radius 3 is 2.75 bits per heavy atom. The van der Waals surface area contributed by atoms with Gasteiger partial charge in [-0.1, -0.05) is 13.8 Å². The zero-order valence-electron chi connectivity index (χ0n) is 12.5. The first-order valence-electron chi connectivity index (χ1n) is 6.96. The number of aryl methyl sites for hydroxylation is 1. The Balaban J connectivity index is 2.02. The summed E-state index contributed by atoms with van der Waals surface area (Å²) in [5.41, 5.74) is 2.16. The summed E-state index contributed by atoms with van der Waals surface area (Å²) in [5, 5.41) is 7.70. The number of likely N-dealkylation sites (N-methyl/N-ethyl adjacent to an activating group) is 1.